The first-order chi connectivity index (χ1) is 12.1. The number of ether oxygens (including phenoxy) is 2. The summed E-state index contributed by atoms with van der Waals surface area (Å²) in [5.41, 5.74) is 9.72. The van der Waals surface area contributed by atoms with Crippen molar-refractivity contribution in [2.75, 3.05) is 39.4 Å². The predicted octanol–water partition coefficient (Wildman–Crippen LogP) is 0.287. The summed E-state index contributed by atoms with van der Waals surface area (Å²) in [6, 6.07) is 0. The minimum atomic E-state index is -0.567. The molecule has 0 bridgehead atoms. The van der Waals surface area contributed by atoms with E-state index in [0.29, 0.717) is 39.2 Å². The molecule has 0 aromatic carbocycles. The molecule has 26 heavy (non-hydrogen) atoms. The van der Waals surface area contributed by atoms with Gasteiger partial charge in [0.1, 0.15) is 6.61 Å². The van der Waals surface area contributed by atoms with Crippen LogP contribution in [0.3, 0.4) is 0 Å². The minimum Gasteiger partial charge on any atom is -0.375 e. The van der Waals surface area contributed by atoms with Gasteiger partial charge in [-0.3, -0.25) is 9.59 Å². The molecular formula is C18H38N4O4. The zero-order valence-corrected chi connectivity index (χ0v) is 16.9. The van der Waals surface area contributed by atoms with Crippen LogP contribution in [0.15, 0.2) is 0 Å². The molecule has 0 aliphatic heterocycles. The number of hydrogen-bond acceptors (Lipinski definition) is 6. The van der Waals surface area contributed by atoms with Gasteiger partial charge in [0, 0.05) is 13.1 Å². The molecule has 0 atom stereocenters. The van der Waals surface area contributed by atoms with Crippen LogP contribution in [0.5, 0.6) is 0 Å². The Morgan fingerprint density at radius 2 is 1.38 bits per heavy atom. The Bertz CT molecular complexity index is 414. The van der Waals surface area contributed by atoms with Crippen LogP contribution in [-0.2, 0) is 19.1 Å². The second-order valence-corrected chi connectivity index (χ2v) is 7.57. The molecule has 0 radical (unpaired) electrons. The van der Waals surface area contributed by atoms with Crippen molar-refractivity contribution in [2.45, 2.75) is 64.6 Å². The Morgan fingerprint density at radius 1 is 0.846 bits per heavy atom. The normalized spacial score (nSPS) is 12.1. The van der Waals surface area contributed by atoms with E-state index in [9.17, 15) is 9.59 Å². The number of hydrogen-bond donors (Lipinski definition) is 4. The summed E-state index contributed by atoms with van der Waals surface area (Å²) in [6.07, 6.45) is 2.40. The fourth-order valence-electron chi connectivity index (χ4n) is 2.12. The topological polar surface area (TPSA) is 129 Å². The highest BCUT2D eigenvalue weighted by atomic mass is 16.5. The van der Waals surface area contributed by atoms with Crippen LogP contribution in [0, 0.1) is 0 Å². The molecule has 0 aromatic heterocycles. The standard InChI is InChI=1S/C18H38N4O4/c1-17(2,26-14-16(24)22-11-6-9-20)7-12-25-18(3,4)13-15(23)21-10-5-8-19/h5-14,19-20H2,1-4H3,(H,21,23)(H,22,24). The molecule has 6 N–H and O–H groups in total. The molecule has 0 fully saturated rings. The van der Waals surface area contributed by atoms with E-state index in [1.807, 2.05) is 27.7 Å². The average Bonchev–Trinajstić information content (AvgIpc) is 2.52. The Balaban J connectivity index is 4.05. The number of nitrogens with one attached hydrogen (secondary N) is 2. The van der Waals surface area contributed by atoms with E-state index in [-0.39, 0.29) is 24.8 Å². The lowest BCUT2D eigenvalue weighted by Gasteiger charge is -2.29. The number of amides is 2. The van der Waals surface area contributed by atoms with E-state index in [4.69, 9.17) is 20.9 Å². The first-order valence-electron chi connectivity index (χ1n) is 9.33. The van der Waals surface area contributed by atoms with Crippen molar-refractivity contribution in [1.82, 2.24) is 10.6 Å². The van der Waals surface area contributed by atoms with Crippen LogP contribution < -0.4 is 22.1 Å². The molecule has 0 saturated carbocycles. The minimum absolute atomic E-state index is 0.00448. The third-order valence-corrected chi connectivity index (χ3v) is 3.78. The van der Waals surface area contributed by atoms with Crippen LogP contribution >= 0.6 is 0 Å². The monoisotopic (exact) mass is 374 g/mol. The van der Waals surface area contributed by atoms with Crippen molar-refractivity contribution in [2.24, 2.45) is 11.5 Å². The van der Waals surface area contributed by atoms with Crippen molar-refractivity contribution < 1.29 is 19.1 Å². The summed E-state index contributed by atoms with van der Waals surface area (Å²) in [6.45, 7) is 10.3. The first kappa shape index (κ1) is 24.8. The van der Waals surface area contributed by atoms with Crippen molar-refractivity contribution in [1.29, 1.82) is 0 Å². The van der Waals surface area contributed by atoms with Gasteiger partial charge in [0.25, 0.3) is 0 Å². The maximum absolute atomic E-state index is 11.9. The Hall–Kier alpha value is -1.22. The van der Waals surface area contributed by atoms with Gasteiger partial charge in [0.15, 0.2) is 0 Å². The molecule has 154 valence electrons. The summed E-state index contributed by atoms with van der Waals surface area (Å²) in [5, 5.41) is 5.58. The number of rotatable bonds is 15. The zero-order chi connectivity index (χ0) is 20.1. The number of nitrogens with two attached hydrogens (primary N) is 2. The van der Waals surface area contributed by atoms with Gasteiger partial charge in [-0.25, -0.2) is 0 Å². The average molecular weight is 375 g/mol. The summed E-state index contributed by atoms with van der Waals surface area (Å²) in [7, 11) is 0. The van der Waals surface area contributed by atoms with Crippen molar-refractivity contribution in [3.8, 4) is 0 Å². The zero-order valence-electron chi connectivity index (χ0n) is 16.9. The van der Waals surface area contributed by atoms with Crippen molar-refractivity contribution in [3.63, 3.8) is 0 Å². The number of carbonyl (C=O) groups excluding carboxylic acids is 2. The molecule has 2 amide bonds. The highest BCUT2D eigenvalue weighted by molar-refractivity contribution is 5.77. The quantitative estimate of drug-likeness (QED) is 0.305. The van der Waals surface area contributed by atoms with Crippen LogP contribution in [0.1, 0.15) is 53.4 Å². The Morgan fingerprint density at radius 3 is 1.92 bits per heavy atom. The van der Waals surface area contributed by atoms with E-state index in [1.165, 1.54) is 0 Å². The molecule has 0 aliphatic rings. The highest BCUT2D eigenvalue weighted by Gasteiger charge is 2.25. The molecule has 0 aliphatic carbocycles. The van der Waals surface area contributed by atoms with E-state index in [0.717, 1.165) is 12.8 Å². The smallest absolute Gasteiger partial charge is 0.246 e. The third-order valence-electron chi connectivity index (χ3n) is 3.78. The molecular weight excluding hydrogens is 336 g/mol. The fourth-order valence-corrected chi connectivity index (χ4v) is 2.12. The van der Waals surface area contributed by atoms with Gasteiger partial charge in [-0.05, 0) is 60.0 Å². The Labute approximate surface area is 157 Å². The van der Waals surface area contributed by atoms with E-state index < -0.39 is 11.2 Å². The summed E-state index contributed by atoms with van der Waals surface area (Å²) >= 11 is 0. The van der Waals surface area contributed by atoms with Crippen LogP contribution in [-0.4, -0.2) is 62.4 Å². The molecule has 8 heteroatoms. The molecule has 0 unspecified atom stereocenters. The maximum Gasteiger partial charge on any atom is 0.246 e. The van der Waals surface area contributed by atoms with E-state index in [2.05, 4.69) is 10.6 Å². The highest BCUT2D eigenvalue weighted by Crippen LogP contribution is 2.19. The second kappa shape index (κ2) is 13.0. The first-order valence-corrected chi connectivity index (χ1v) is 9.33. The molecule has 0 rings (SSSR count). The second-order valence-electron chi connectivity index (χ2n) is 7.57. The molecule has 0 saturated heterocycles. The molecule has 0 spiro atoms. The maximum atomic E-state index is 11.9. The van der Waals surface area contributed by atoms with Crippen LogP contribution in [0.25, 0.3) is 0 Å². The van der Waals surface area contributed by atoms with Crippen molar-refractivity contribution >= 4 is 11.8 Å². The van der Waals surface area contributed by atoms with Gasteiger partial charge in [-0.1, -0.05) is 0 Å². The van der Waals surface area contributed by atoms with Crippen LogP contribution in [0.4, 0.5) is 0 Å². The lowest BCUT2D eigenvalue weighted by molar-refractivity contribution is -0.135. The fraction of sp³-hybridized carbons (Fsp3) is 0.889. The lowest BCUT2D eigenvalue weighted by Crippen LogP contribution is -2.38. The van der Waals surface area contributed by atoms with Gasteiger partial charge >= 0.3 is 0 Å². The van der Waals surface area contributed by atoms with Gasteiger partial charge in [-0.2, -0.15) is 0 Å². The predicted molar refractivity (Wildman–Crippen MR) is 103 cm³/mol. The van der Waals surface area contributed by atoms with Gasteiger partial charge in [-0.15, -0.1) is 0 Å². The van der Waals surface area contributed by atoms with E-state index in [1.54, 1.807) is 0 Å². The molecule has 0 aromatic rings. The van der Waals surface area contributed by atoms with Gasteiger partial charge in [0.2, 0.25) is 11.8 Å². The summed E-state index contributed by atoms with van der Waals surface area (Å²) in [4.78, 5) is 23.5. The summed E-state index contributed by atoms with van der Waals surface area (Å²) in [5.74, 6) is -0.199. The SMILES string of the molecule is CC(C)(CCOC(C)(C)CC(=O)NCCCN)OCC(=O)NCCCN. The molecule has 0 heterocycles. The van der Waals surface area contributed by atoms with Crippen LogP contribution in [0.2, 0.25) is 0 Å². The van der Waals surface area contributed by atoms with E-state index >= 15 is 0 Å². The van der Waals surface area contributed by atoms with Gasteiger partial charge < -0.3 is 31.6 Å². The third kappa shape index (κ3) is 14.0. The number of carbonyl (C=O) groups is 2. The van der Waals surface area contributed by atoms with Crippen molar-refractivity contribution in [3.05, 3.63) is 0 Å². The van der Waals surface area contributed by atoms with Gasteiger partial charge in [0.05, 0.1) is 24.2 Å². The molecule has 8 nitrogen and oxygen atoms in total. The summed E-state index contributed by atoms with van der Waals surface area (Å²) < 4.78 is 11.5. The lowest BCUT2D eigenvalue weighted by atomic mass is 10.0. The largest absolute Gasteiger partial charge is 0.375 e. The Kier molecular flexibility index (Phi) is 12.4.